The lowest BCUT2D eigenvalue weighted by Gasteiger charge is -2.32. The number of hydrogen-bond acceptors (Lipinski definition) is 12. The zero-order chi connectivity index (χ0) is 47.6. The summed E-state index contributed by atoms with van der Waals surface area (Å²) in [6.07, 6.45) is 0. The van der Waals surface area contributed by atoms with Crippen LogP contribution in [-0.2, 0) is 0 Å². The van der Waals surface area contributed by atoms with Crippen LogP contribution in [0.1, 0.15) is 53.3 Å². The molecule has 0 fully saturated rings. The number of aromatic nitrogens is 1. The summed E-state index contributed by atoms with van der Waals surface area (Å²) in [6, 6.07) is 26.2. The third-order valence-electron chi connectivity index (χ3n) is 9.47. The van der Waals surface area contributed by atoms with Gasteiger partial charge in [-0.05, 0) is 141 Å². The summed E-state index contributed by atoms with van der Waals surface area (Å²) < 4.78 is 37.6. The van der Waals surface area contributed by atoms with Crippen molar-refractivity contribution in [1.29, 1.82) is 0 Å². The van der Waals surface area contributed by atoms with Crippen molar-refractivity contribution < 1.29 is 27.8 Å². The number of nitrogen functional groups attached to an aromatic ring is 1. The fourth-order valence-corrected chi connectivity index (χ4v) is 6.89. The molecule has 0 bridgehead atoms. The SMILES string of the molecule is CN(C)C(C)(C)COc1ccc(NC(=S)N=C(N)SCP)cc1.CN(C)C(C)(C)COc1ccc(Nc2nc(N)c(C(=O)c3cccc(F)c3)s2)cc1.O=C(CBr)c1cccc(F)c1. The average molecular weight is 1020 g/mol. The van der Waals surface area contributed by atoms with Crippen molar-refractivity contribution in [3.05, 3.63) is 125 Å². The van der Waals surface area contributed by atoms with Crippen molar-refractivity contribution in [2.24, 2.45) is 10.7 Å². The maximum Gasteiger partial charge on any atom is 0.206 e. The molecular weight excluding hydrogens is 962 g/mol. The van der Waals surface area contributed by atoms with Gasteiger partial charge in [-0.25, -0.2) is 13.8 Å². The zero-order valence-corrected chi connectivity index (χ0v) is 42.3. The fraction of sp³-hybridized carbons (Fsp3) is 0.311. The number of carbonyl (C=O) groups excluding carboxylic acids is 2. The number of thioether (sulfide) groups is 1. The highest BCUT2D eigenvalue weighted by Gasteiger charge is 2.23. The van der Waals surface area contributed by atoms with Crippen molar-refractivity contribution in [2.75, 3.05) is 68.6 Å². The highest BCUT2D eigenvalue weighted by Crippen LogP contribution is 2.31. The van der Waals surface area contributed by atoms with Gasteiger partial charge in [0, 0.05) is 39.1 Å². The number of halogens is 3. The number of hydrogen-bond donors (Lipinski definition) is 4. The number of nitrogens with zero attached hydrogens (tertiary/aromatic N) is 4. The van der Waals surface area contributed by atoms with Gasteiger partial charge in [-0.2, -0.15) is 4.99 Å². The van der Waals surface area contributed by atoms with Gasteiger partial charge in [-0.3, -0.25) is 9.59 Å². The van der Waals surface area contributed by atoms with Gasteiger partial charge >= 0.3 is 0 Å². The van der Waals surface area contributed by atoms with Crippen LogP contribution >= 0.6 is 60.5 Å². The van der Waals surface area contributed by atoms with E-state index in [0.717, 1.165) is 39.7 Å². The third kappa shape index (κ3) is 18.1. The Morgan fingerprint density at radius 2 is 1.33 bits per heavy atom. The van der Waals surface area contributed by atoms with Crippen LogP contribution in [-0.4, -0.2) is 99.9 Å². The van der Waals surface area contributed by atoms with E-state index >= 15 is 0 Å². The highest BCUT2D eigenvalue weighted by atomic mass is 79.9. The maximum absolute atomic E-state index is 13.4. The molecule has 5 aromatic rings. The van der Waals surface area contributed by atoms with E-state index in [1.807, 2.05) is 76.7 Å². The van der Waals surface area contributed by atoms with Gasteiger partial charge in [0.05, 0.1) is 5.33 Å². The lowest BCUT2D eigenvalue weighted by molar-refractivity contribution is 0.102. The van der Waals surface area contributed by atoms with Gasteiger partial charge in [-0.1, -0.05) is 63.3 Å². The van der Waals surface area contributed by atoms with E-state index in [2.05, 4.69) is 83.3 Å². The Hall–Kier alpha value is -4.55. The first-order valence-corrected chi connectivity index (χ1v) is 23.8. The third-order valence-corrected chi connectivity index (χ3v) is 12.2. The smallest absolute Gasteiger partial charge is 0.206 e. The number of ketones is 2. The van der Waals surface area contributed by atoms with E-state index in [9.17, 15) is 18.4 Å². The molecule has 64 heavy (non-hydrogen) atoms. The van der Waals surface area contributed by atoms with Gasteiger partial charge < -0.3 is 41.4 Å². The second-order valence-corrected chi connectivity index (χ2v) is 19.5. The molecule has 5 rings (SSSR count). The second kappa shape index (κ2) is 25.8. The van der Waals surface area contributed by atoms with Crippen LogP contribution in [0.15, 0.2) is 102 Å². The fourth-order valence-electron chi connectivity index (χ4n) is 4.59. The Kier molecular flexibility index (Phi) is 21.7. The molecule has 0 radical (unpaired) electrons. The molecule has 6 N–H and O–H groups in total. The van der Waals surface area contributed by atoms with Gasteiger partial charge in [0.1, 0.15) is 47.0 Å². The first-order chi connectivity index (χ1) is 30.1. The van der Waals surface area contributed by atoms with E-state index in [0.29, 0.717) is 34.2 Å². The van der Waals surface area contributed by atoms with Crippen molar-refractivity contribution in [3.63, 3.8) is 0 Å². The van der Waals surface area contributed by atoms with Crippen LogP contribution in [0.4, 0.5) is 31.1 Å². The normalized spacial score (nSPS) is 11.5. The number of carbonyl (C=O) groups is 2. The number of nitrogens with one attached hydrogen (secondary N) is 2. The monoisotopic (exact) mass is 1020 g/mol. The lowest BCUT2D eigenvalue weighted by atomic mass is 10.1. The predicted molar refractivity (Wildman–Crippen MR) is 274 cm³/mol. The number of Topliss-reactive ketones (excluding diaryl/α,β-unsaturated/α-hetero) is 1. The number of alkyl halides is 1. The number of anilines is 4. The molecule has 19 heteroatoms. The number of ether oxygens (including phenoxy) is 2. The Morgan fingerprint density at radius 3 is 1.80 bits per heavy atom. The minimum Gasteiger partial charge on any atom is -0.492 e. The van der Waals surface area contributed by atoms with Crippen LogP contribution in [0.5, 0.6) is 11.5 Å². The Balaban J connectivity index is 0.000000282. The number of nitrogens with two attached hydrogens (primary N) is 2. The second-order valence-electron chi connectivity index (χ2n) is 15.5. The molecule has 0 aliphatic rings. The van der Waals surface area contributed by atoms with E-state index < -0.39 is 5.82 Å². The highest BCUT2D eigenvalue weighted by molar-refractivity contribution is 9.09. The van der Waals surface area contributed by atoms with Crippen LogP contribution in [0, 0.1) is 11.6 Å². The number of benzene rings is 4. The summed E-state index contributed by atoms with van der Waals surface area (Å²) in [7, 11) is 10.7. The van der Waals surface area contributed by atoms with Crippen molar-refractivity contribution in [2.45, 2.75) is 38.8 Å². The van der Waals surface area contributed by atoms with Crippen LogP contribution < -0.4 is 31.6 Å². The van der Waals surface area contributed by atoms with Gasteiger partial charge in [0.25, 0.3) is 0 Å². The molecule has 4 aromatic carbocycles. The van der Waals surface area contributed by atoms with E-state index in [1.165, 1.54) is 48.2 Å². The zero-order valence-electron chi connectivity index (χ0n) is 37.1. The van der Waals surface area contributed by atoms with Gasteiger partial charge in [-0.15, -0.1) is 9.24 Å². The number of thiocarbonyl (C=S) groups is 1. The molecule has 0 aliphatic carbocycles. The number of amidine groups is 1. The maximum atomic E-state index is 13.4. The van der Waals surface area contributed by atoms with E-state index in [-0.39, 0.29) is 50.1 Å². The quantitative estimate of drug-likeness (QED) is 0.0185. The van der Waals surface area contributed by atoms with Crippen molar-refractivity contribution in [3.8, 4) is 11.5 Å². The Bertz CT molecular complexity index is 2330. The summed E-state index contributed by atoms with van der Waals surface area (Å²) in [5.41, 5.74) is 14.6. The lowest BCUT2D eigenvalue weighted by Crippen LogP contribution is -2.43. The van der Waals surface area contributed by atoms with Crippen LogP contribution in [0.25, 0.3) is 0 Å². The van der Waals surface area contributed by atoms with Gasteiger partial charge in [0.15, 0.2) is 21.2 Å². The minimum atomic E-state index is -0.474. The average Bonchev–Trinajstić information content (AvgIpc) is 3.62. The summed E-state index contributed by atoms with van der Waals surface area (Å²) >= 11 is 10.7. The van der Waals surface area contributed by atoms with Crippen LogP contribution in [0.3, 0.4) is 0 Å². The topological polar surface area (TPSA) is 160 Å². The molecule has 0 saturated heterocycles. The standard InChI is InChI=1S/C22H25FN4O2S.C15H25N4OPS2.C8H6BrFO/c1-22(2,27(3)4)13-29-17-10-8-16(9-11-17)25-21-26-20(24)19(30-21)18(28)14-6-5-7-15(23)12-14;1-15(2,19(3)4)9-20-12-7-5-11(6-8-12)17-14(22)18-13(16)23-10-21;9-5-8(11)6-2-1-3-7(10)4-6/h5-12H,13,24H2,1-4H3,(H,25,26);5-8H,9-10,21H2,1-4H3,(H3,16,17,18,22);1-4H,5H2. The van der Waals surface area contributed by atoms with Crippen LogP contribution in [0.2, 0.25) is 0 Å². The van der Waals surface area contributed by atoms with Gasteiger partial charge in [0.2, 0.25) is 5.78 Å². The number of thiazole rings is 1. The molecule has 1 atom stereocenters. The number of likely N-dealkylation sites (N-methyl/N-ethyl adjacent to an activating group) is 2. The molecule has 1 unspecified atom stereocenters. The Labute approximate surface area is 399 Å². The molecule has 344 valence electrons. The summed E-state index contributed by atoms with van der Waals surface area (Å²) in [5.74, 6) is 0.376. The minimum absolute atomic E-state index is 0.0278. The van der Waals surface area contributed by atoms with E-state index in [4.69, 9.17) is 33.2 Å². The molecule has 12 nitrogen and oxygen atoms in total. The van der Waals surface area contributed by atoms with Crippen molar-refractivity contribution in [1.82, 2.24) is 14.8 Å². The summed E-state index contributed by atoms with van der Waals surface area (Å²) in [4.78, 5) is 36.4. The number of aliphatic imine (C=N–C) groups is 1. The number of rotatable bonds is 16. The molecule has 0 spiro atoms. The predicted octanol–water partition coefficient (Wildman–Crippen LogP) is 9.94. The molecule has 0 aliphatic heterocycles. The molecule has 1 aromatic heterocycles. The summed E-state index contributed by atoms with van der Waals surface area (Å²) in [5, 5.41) is 7.67. The molecule has 0 saturated carbocycles. The summed E-state index contributed by atoms with van der Waals surface area (Å²) in [6.45, 7) is 9.66. The van der Waals surface area contributed by atoms with E-state index in [1.54, 1.807) is 12.1 Å². The molecule has 1 heterocycles. The Morgan fingerprint density at radius 1 is 0.844 bits per heavy atom. The first-order valence-electron chi connectivity index (χ1n) is 19.6. The molecular formula is C45H56BrF2N8O4PS3. The first kappa shape index (κ1) is 53.8. The largest absolute Gasteiger partial charge is 0.492 e. The van der Waals surface area contributed by atoms with Crippen molar-refractivity contribution >= 4 is 105 Å². The molecule has 0 amide bonds.